The molecule has 1 aliphatic heterocycles. The predicted octanol–water partition coefficient (Wildman–Crippen LogP) is 4.07. The van der Waals surface area contributed by atoms with Gasteiger partial charge < -0.3 is 10.2 Å². The zero-order valence-corrected chi connectivity index (χ0v) is 18.7. The Morgan fingerprint density at radius 3 is 2.48 bits per heavy atom. The summed E-state index contributed by atoms with van der Waals surface area (Å²) in [6, 6.07) is 6.30. The molecule has 12 heteroatoms. The van der Waals surface area contributed by atoms with Crippen LogP contribution in [0.2, 0.25) is 0 Å². The summed E-state index contributed by atoms with van der Waals surface area (Å²) < 4.78 is 55.1. The minimum atomic E-state index is -4.85. The molecular weight excluding hydrogens is 478 g/mol. The van der Waals surface area contributed by atoms with Crippen LogP contribution in [0.25, 0.3) is 0 Å². The molecule has 170 valence electrons. The molecule has 1 aromatic heterocycles. The molecule has 4 rings (SSSR count). The highest BCUT2D eigenvalue weighted by Gasteiger charge is 2.59. The molecule has 1 saturated carbocycles. The molecule has 1 N–H and O–H groups in total. The molecule has 1 amide bonds. The van der Waals surface area contributed by atoms with Crippen LogP contribution < -0.4 is 15.1 Å². The van der Waals surface area contributed by atoms with Gasteiger partial charge in [-0.15, -0.1) is 0 Å². The maximum Gasteiger partial charge on any atom is 0.419 e. The Morgan fingerprint density at radius 2 is 1.97 bits per heavy atom. The van der Waals surface area contributed by atoms with E-state index in [1.54, 1.807) is 13.1 Å². The van der Waals surface area contributed by atoms with Gasteiger partial charge in [0.05, 0.1) is 17.4 Å². The molecule has 1 saturated heterocycles. The maximum absolute atomic E-state index is 14.8. The number of benzene rings is 1. The van der Waals surface area contributed by atoms with E-state index in [9.17, 15) is 22.4 Å². The van der Waals surface area contributed by atoms with Crippen molar-refractivity contribution in [1.82, 2.24) is 10.3 Å². The van der Waals surface area contributed by atoms with Crippen molar-refractivity contribution in [3.8, 4) is 6.07 Å². The standard InChI is InChI=1S/C21H15F4N5OS2/c1-27-17(32)13-4-3-11(8-15(13)22)30-19(33)29(18(31)20(30)5-2-6-20)12-7-14(21(23,24)25)16(9-26)28-10-12/h3-4,7-8,10H,2,5-6H2,1H3,(H,27,32). The van der Waals surface area contributed by atoms with Crippen LogP contribution >= 0.6 is 24.4 Å². The van der Waals surface area contributed by atoms with Crippen LogP contribution in [-0.2, 0) is 11.0 Å². The van der Waals surface area contributed by atoms with Crippen LogP contribution in [0.15, 0.2) is 30.5 Å². The zero-order valence-electron chi connectivity index (χ0n) is 17.0. The van der Waals surface area contributed by atoms with Crippen molar-refractivity contribution in [2.75, 3.05) is 16.8 Å². The number of pyridine rings is 1. The number of rotatable bonds is 3. The van der Waals surface area contributed by atoms with E-state index in [0.29, 0.717) is 25.3 Å². The quantitative estimate of drug-likeness (QED) is 0.511. The summed E-state index contributed by atoms with van der Waals surface area (Å²) in [7, 11) is 1.56. The number of amides is 1. The van der Waals surface area contributed by atoms with E-state index >= 15 is 0 Å². The highest BCUT2D eigenvalue weighted by atomic mass is 32.1. The fraction of sp³-hybridized carbons (Fsp3) is 0.286. The first-order chi connectivity index (χ1) is 15.5. The summed E-state index contributed by atoms with van der Waals surface area (Å²) in [4.78, 5) is 19.7. The number of anilines is 2. The van der Waals surface area contributed by atoms with Crippen molar-refractivity contribution >= 4 is 51.8 Å². The second kappa shape index (κ2) is 8.00. The predicted molar refractivity (Wildman–Crippen MR) is 120 cm³/mol. The Balaban J connectivity index is 1.80. The molecule has 1 aliphatic carbocycles. The van der Waals surface area contributed by atoms with Gasteiger partial charge in [0.1, 0.15) is 22.4 Å². The van der Waals surface area contributed by atoms with Gasteiger partial charge in [0, 0.05) is 18.3 Å². The number of thiocarbonyl (C=S) groups is 2. The largest absolute Gasteiger partial charge is 0.419 e. The first kappa shape index (κ1) is 23.0. The highest BCUT2D eigenvalue weighted by Crippen LogP contribution is 2.48. The number of aromatic nitrogens is 1. The fourth-order valence-electron chi connectivity index (χ4n) is 4.05. The summed E-state index contributed by atoms with van der Waals surface area (Å²) in [5, 5.41) is 11.6. The summed E-state index contributed by atoms with van der Waals surface area (Å²) in [5.74, 6) is -1.15. The topological polar surface area (TPSA) is 72.3 Å². The number of nitriles is 1. The summed E-state index contributed by atoms with van der Waals surface area (Å²) >= 11 is 10.6. The molecule has 1 spiro atoms. The number of carbonyl (C=O) groups is 1. The zero-order chi connectivity index (χ0) is 24.1. The molecule has 0 radical (unpaired) electrons. The van der Waals surface area contributed by atoms with Crippen LogP contribution in [0.4, 0.5) is 28.9 Å². The number of halogens is 4. The lowest BCUT2D eigenvalue weighted by Gasteiger charge is -2.43. The molecule has 2 aromatic rings. The van der Waals surface area contributed by atoms with Gasteiger partial charge in [0.25, 0.3) is 5.91 Å². The Kier molecular flexibility index (Phi) is 5.58. The Hall–Kier alpha value is -3.17. The van der Waals surface area contributed by atoms with E-state index in [-0.39, 0.29) is 27.0 Å². The Bertz CT molecular complexity index is 1240. The number of nitrogens with one attached hydrogen (secondary N) is 1. The third-order valence-corrected chi connectivity index (χ3v) is 6.61. The van der Waals surface area contributed by atoms with Crippen molar-refractivity contribution in [1.29, 1.82) is 5.26 Å². The van der Waals surface area contributed by atoms with Crippen molar-refractivity contribution in [2.45, 2.75) is 31.0 Å². The lowest BCUT2D eigenvalue weighted by molar-refractivity contribution is -0.138. The Morgan fingerprint density at radius 1 is 1.27 bits per heavy atom. The summed E-state index contributed by atoms with van der Waals surface area (Å²) in [5.41, 5.74) is -2.96. The number of hydrogen-bond donors (Lipinski definition) is 1. The number of hydrogen-bond acceptors (Lipinski definition) is 5. The molecule has 1 aromatic carbocycles. The van der Waals surface area contributed by atoms with E-state index in [1.807, 2.05) is 0 Å². The van der Waals surface area contributed by atoms with Crippen molar-refractivity contribution < 1.29 is 22.4 Å². The molecule has 0 bridgehead atoms. The molecule has 0 unspecified atom stereocenters. The third-order valence-electron chi connectivity index (χ3n) is 5.82. The average Bonchev–Trinajstić information content (AvgIpc) is 2.98. The van der Waals surface area contributed by atoms with Crippen molar-refractivity contribution in [3.63, 3.8) is 0 Å². The minimum absolute atomic E-state index is 0.0947. The van der Waals surface area contributed by atoms with E-state index in [4.69, 9.17) is 29.7 Å². The summed E-state index contributed by atoms with van der Waals surface area (Å²) in [6.45, 7) is 0. The number of carbonyl (C=O) groups excluding carboxylic acids is 1. The van der Waals surface area contributed by atoms with Crippen LogP contribution in [0.1, 0.15) is 36.1 Å². The second-order valence-electron chi connectivity index (χ2n) is 7.59. The van der Waals surface area contributed by atoms with Gasteiger partial charge in [-0.1, -0.05) is 12.2 Å². The smallest absolute Gasteiger partial charge is 0.379 e. The fourth-order valence-corrected chi connectivity index (χ4v) is 4.69. The lowest BCUT2D eigenvalue weighted by Crippen LogP contribution is -2.55. The van der Waals surface area contributed by atoms with Gasteiger partial charge in [0.15, 0.2) is 10.8 Å². The second-order valence-corrected chi connectivity index (χ2v) is 8.36. The average molecular weight is 494 g/mol. The SMILES string of the molecule is CNC(=S)c1ccc(N2C(=S)N(c3cnc(C#N)c(C(F)(F)F)c3)C(=O)C23CCC3)cc1F. The Labute approximate surface area is 196 Å². The van der Waals surface area contributed by atoms with Gasteiger partial charge in [-0.25, -0.2) is 9.37 Å². The number of alkyl halides is 3. The van der Waals surface area contributed by atoms with Crippen LogP contribution in [0, 0.1) is 17.1 Å². The van der Waals surface area contributed by atoms with Crippen LogP contribution in [0.3, 0.4) is 0 Å². The van der Waals surface area contributed by atoms with E-state index < -0.39 is 34.7 Å². The van der Waals surface area contributed by atoms with E-state index in [1.165, 1.54) is 23.1 Å². The van der Waals surface area contributed by atoms with Gasteiger partial charge in [-0.3, -0.25) is 9.69 Å². The van der Waals surface area contributed by atoms with Gasteiger partial charge in [-0.2, -0.15) is 18.4 Å². The van der Waals surface area contributed by atoms with Gasteiger partial charge in [0.2, 0.25) is 0 Å². The molecule has 0 atom stereocenters. The third kappa shape index (κ3) is 3.52. The monoisotopic (exact) mass is 493 g/mol. The summed E-state index contributed by atoms with van der Waals surface area (Å²) in [6.07, 6.45) is -2.35. The van der Waals surface area contributed by atoms with E-state index in [0.717, 1.165) is 11.1 Å². The molecule has 2 fully saturated rings. The molecule has 6 nitrogen and oxygen atoms in total. The van der Waals surface area contributed by atoms with Crippen LogP contribution in [0.5, 0.6) is 0 Å². The van der Waals surface area contributed by atoms with Crippen molar-refractivity contribution in [2.24, 2.45) is 0 Å². The van der Waals surface area contributed by atoms with Gasteiger partial charge in [-0.05, 0) is 55.7 Å². The first-order valence-electron chi connectivity index (χ1n) is 9.73. The number of nitrogens with zero attached hydrogens (tertiary/aromatic N) is 4. The first-order valence-corrected chi connectivity index (χ1v) is 10.5. The van der Waals surface area contributed by atoms with E-state index in [2.05, 4.69) is 10.3 Å². The van der Waals surface area contributed by atoms with Crippen LogP contribution in [-0.4, -0.2) is 33.6 Å². The maximum atomic E-state index is 14.8. The minimum Gasteiger partial charge on any atom is -0.379 e. The highest BCUT2D eigenvalue weighted by molar-refractivity contribution is 7.81. The van der Waals surface area contributed by atoms with Gasteiger partial charge >= 0.3 is 6.18 Å². The normalized spacial score (nSPS) is 17.2. The lowest BCUT2D eigenvalue weighted by atomic mass is 9.75. The molecule has 33 heavy (non-hydrogen) atoms. The molecule has 2 heterocycles. The van der Waals surface area contributed by atoms with Crippen molar-refractivity contribution in [3.05, 3.63) is 53.1 Å². The molecule has 2 aliphatic rings. The molecular formula is C21H15F4N5OS2.